The molecule has 5 rings (SSSR count). The quantitative estimate of drug-likeness (QED) is 0.396. The first-order chi connectivity index (χ1) is 7.20. The van der Waals surface area contributed by atoms with Crippen molar-refractivity contribution in [2.45, 2.75) is 24.3 Å². The van der Waals surface area contributed by atoms with E-state index >= 15 is 0 Å². The van der Waals surface area contributed by atoms with Crippen molar-refractivity contribution < 1.29 is 4.74 Å². The first-order valence-electron chi connectivity index (χ1n) is 4.94. The summed E-state index contributed by atoms with van der Waals surface area (Å²) in [6.45, 7) is 0. The van der Waals surface area contributed by atoms with Gasteiger partial charge in [-0.3, -0.25) is 0 Å². The Hall–Kier alpha value is -1.56. The van der Waals surface area contributed by atoms with Gasteiger partial charge in [0.15, 0.2) is 0 Å². The molecule has 1 saturated heterocycles. The van der Waals surface area contributed by atoms with Crippen LogP contribution in [0.5, 0.6) is 0 Å². The van der Waals surface area contributed by atoms with Gasteiger partial charge in [0.1, 0.15) is 24.3 Å². The summed E-state index contributed by atoms with van der Waals surface area (Å²) in [6, 6.07) is -0.192. The Kier molecular flexibility index (Phi) is 1.03. The van der Waals surface area contributed by atoms with E-state index in [0.717, 1.165) is 4.57 Å². The highest BCUT2D eigenvalue weighted by molar-refractivity contribution is 5.21. The summed E-state index contributed by atoms with van der Waals surface area (Å²) in [5.74, 6) is 0. The van der Waals surface area contributed by atoms with E-state index < -0.39 is 0 Å². The number of rotatable bonds is 0. The van der Waals surface area contributed by atoms with Crippen LogP contribution in [0.2, 0.25) is 0 Å². The van der Waals surface area contributed by atoms with Crippen molar-refractivity contribution in [1.82, 2.24) is 13.9 Å². The SMILES string of the molecule is Cn1c(=O)n2n(c1=O)C1C=CC2C2OC21. The lowest BCUT2D eigenvalue weighted by Crippen LogP contribution is -2.43. The first kappa shape index (κ1) is 7.70. The van der Waals surface area contributed by atoms with E-state index in [4.69, 9.17) is 4.74 Å². The van der Waals surface area contributed by atoms with Crippen molar-refractivity contribution in [3.05, 3.63) is 33.1 Å². The van der Waals surface area contributed by atoms with Gasteiger partial charge in [-0.1, -0.05) is 12.2 Å². The van der Waals surface area contributed by atoms with Gasteiger partial charge in [-0.2, -0.15) is 0 Å². The number of epoxide rings is 1. The molecule has 4 aliphatic rings. The summed E-state index contributed by atoms with van der Waals surface area (Å²) in [4.78, 5) is 23.6. The maximum atomic E-state index is 11.8. The van der Waals surface area contributed by atoms with Crippen LogP contribution in [-0.2, 0) is 11.8 Å². The molecule has 0 saturated carbocycles. The molecular weight excluding hydrogens is 198 g/mol. The normalized spacial score (nSPS) is 39.0. The molecular formula is C9H9N3O3. The highest BCUT2D eigenvalue weighted by Gasteiger charge is 2.58. The Balaban J connectivity index is 2.15. The van der Waals surface area contributed by atoms with Crippen molar-refractivity contribution in [2.75, 3.05) is 0 Å². The Morgan fingerprint density at radius 3 is 2.00 bits per heavy atom. The zero-order valence-electron chi connectivity index (χ0n) is 8.03. The van der Waals surface area contributed by atoms with E-state index in [-0.39, 0.29) is 35.7 Å². The third-order valence-corrected chi connectivity index (χ3v) is 3.50. The molecule has 0 aromatic carbocycles. The number of nitrogens with zero attached hydrogens (tertiary/aromatic N) is 3. The summed E-state index contributed by atoms with van der Waals surface area (Å²) in [5.41, 5.74) is -0.512. The molecule has 0 N–H and O–H groups in total. The lowest BCUT2D eigenvalue weighted by atomic mass is 9.96. The summed E-state index contributed by atoms with van der Waals surface area (Å²) in [6.07, 6.45) is 4.11. The molecule has 6 nitrogen and oxygen atoms in total. The highest BCUT2D eigenvalue weighted by atomic mass is 16.6. The molecule has 0 amide bonds. The predicted octanol–water partition coefficient (Wildman–Crippen LogP) is -1.22. The van der Waals surface area contributed by atoms with Crippen LogP contribution >= 0.6 is 0 Å². The molecule has 2 bridgehead atoms. The monoisotopic (exact) mass is 207 g/mol. The number of aromatic nitrogens is 3. The van der Waals surface area contributed by atoms with Gasteiger partial charge in [0.2, 0.25) is 0 Å². The van der Waals surface area contributed by atoms with Crippen LogP contribution in [0.1, 0.15) is 12.1 Å². The van der Waals surface area contributed by atoms with E-state index in [9.17, 15) is 9.59 Å². The maximum Gasteiger partial charge on any atom is 0.347 e. The molecule has 1 aromatic rings. The molecule has 0 spiro atoms. The van der Waals surface area contributed by atoms with Crippen LogP contribution < -0.4 is 11.4 Å². The third kappa shape index (κ3) is 0.657. The van der Waals surface area contributed by atoms with Crippen LogP contribution in [0, 0.1) is 0 Å². The summed E-state index contributed by atoms with van der Waals surface area (Å²) in [5, 5.41) is 0. The molecule has 6 heteroatoms. The Morgan fingerprint density at radius 1 is 1.07 bits per heavy atom. The number of hydrogen-bond donors (Lipinski definition) is 0. The molecule has 4 atom stereocenters. The summed E-state index contributed by atoms with van der Waals surface area (Å²) >= 11 is 0. The minimum atomic E-state index is -0.256. The van der Waals surface area contributed by atoms with Gasteiger partial charge in [0.05, 0.1) is 0 Å². The summed E-state index contributed by atoms with van der Waals surface area (Å²) in [7, 11) is 1.51. The van der Waals surface area contributed by atoms with Crippen molar-refractivity contribution in [3.8, 4) is 0 Å². The van der Waals surface area contributed by atoms with E-state index in [1.54, 1.807) is 0 Å². The largest absolute Gasteiger partial charge is 0.364 e. The third-order valence-electron chi connectivity index (χ3n) is 3.50. The van der Waals surface area contributed by atoms with Crippen molar-refractivity contribution in [2.24, 2.45) is 7.05 Å². The van der Waals surface area contributed by atoms with Crippen molar-refractivity contribution in [3.63, 3.8) is 0 Å². The Bertz CT molecular complexity index is 556. The maximum absolute atomic E-state index is 11.8. The smallest absolute Gasteiger partial charge is 0.347 e. The molecule has 4 heterocycles. The van der Waals surface area contributed by atoms with E-state index in [1.807, 2.05) is 12.2 Å². The fourth-order valence-electron chi connectivity index (χ4n) is 2.69. The average molecular weight is 207 g/mol. The van der Waals surface area contributed by atoms with Crippen LogP contribution in [0.3, 0.4) is 0 Å². The average Bonchev–Trinajstić information content (AvgIpc) is 3.02. The molecule has 4 unspecified atom stereocenters. The fraction of sp³-hybridized carbons (Fsp3) is 0.556. The minimum Gasteiger partial charge on any atom is -0.364 e. The van der Waals surface area contributed by atoms with E-state index in [0.29, 0.717) is 0 Å². The van der Waals surface area contributed by atoms with E-state index in [2.05, 4.69) is 0 Å². The zero-order valence-corrected chi connectivity index (χ0v) is 8.03. The van der Waals surface area contributed by atoms with Gasteiger partial charge >= 0.3 is 11.4 Å². The topological polar surface area (TPSA) is 61.5 Å². The second-order valence-corrected chi connectivity index (χ2v) is 4.24. The standard InChI is InChI=1S/C9H9N3O3/c1-10-8(13)11-4-2-3-5(7-6(4)15-7)12(11)9(10)14/h2-7H,1H3. The highest BCUT2D eigenvalue weighted by Crippen LogP contribution is 2.47. The molecule has 78 valence electrons. The Labute approximate surface area is 84.0 Å². The minimum absolute atomic E-state index is 0.0959. The van der Waals surface area contributed by atoms with Gasteiger partial charge in [0.25, 0.3) is 0 Å². The zero-order chi connectivity index (χ0) is 10.3. The van der Waals surface area contributed by atoms with Gasteiger partial charge in [-0.25, -0.2) is 23.5 Å². The second-order valence-electron chi connectivity index (χ2n) is 4.24. The molecule has 1 aromatic heterocycles. The fourth-order valence-corrected chi connectivity index (χ4v) is 2.69. The number of hydrogen-bond acceptors (Lipinski definition) is 3. The van der Waals surface area contributed by atoms with Gasteiger partial charge in [-0.05, 0) is 0 Å². The number of ether oxygens (including phenoxy) is 1. The lowest BCUT2D eigenvalue weighted by molar-refractivity contribution is 0.297. The summed E-state index contributed by atoms with van der Waals surface area (Å²) < 4.78 is 9.64. The molecule has 1 fully saturated rings. The van der Waals surface area contributed by atoms with Crippen LogP contribution in [0.4, 0.5) is 0 Å². The van der Waals surface area contributed by atoms with E-state index in [1.165, 1.54) is 16.4 Å². The van der Waals surface area contributed by atoms with Crippen LogP contribution in [0.25, 0.3) is 0 Å². The molecule has 15 heavy (non-hydrogen) atoms. The van der Waals surface area contributed by atoms with Crippen molar-refractivity contribution >= 4 is 0 Å². The first-order valence-corrected chi connectivity index (χ1v) is 4.94. The van der Waals surface area contributed by atoms with Crippen LogP contribution in [0.15, 0.2) is 21.7 Å². The van der Waals surface area contributed by atoms with Gasteiger partial charge < -0.3 is 4.74 Å². The van der Waals surface area contributed by atoms with Gasteiger partial charge in [-0.15, -0.1) is 0 Å². The molecule has 3 aliphatic heterocycles. The van der Waals surface area contributed by atoms with Crippen molar-refractivity contribution in [1.29, 1.82) is 0 Å². The Morgan fingerprint density at radius 2 is 1.53 bits per heavy atom. The van der Waals surface area contributed by atoms with Gasteiger partial charge in [0, 0.05) is 7.05 Å². The molecule has 1 aliphatic carbocycles. The van der Waals surface area contributed by atoms with Crippen LogP contribution in [-0.4, -0.2) is 26.1 Å². The molecule has 0 radical (unpaired) electrons. The second kappa shape index (κ2) is 2.01. The lowest BCUT2D eigenvalue weighted by Gasteiger charge is -2.29. The predicted molar refractivity (Wildman–Crippen MR) is 49.8 cm³/mol.